The van der Waals surface area contributed by atoms with Crippen molar-refractivity contribution in [1.29, 1.82) is 0 Å². The van der Waals surface area contributed by atoms with E-state index in [0.29, 0.717) is 22.6 Å². The second kappa shape index (κ2) is 11.9. The third-order valence-electron chi connectivity index (χ3n) is 4.83. The first-order valence-electron chi connectivity index (χ1n) is 10.9. The molecule has 6 heteroatoms. The summed E-state index contributed by atoms with van der Waals surface area (Å²) >= 11 is 0. The molecule has 0 N–H and O–H groups in total. The van der Waals surface area contributed by atoms with Gasteiger partial charge < -0.3 is 18.9 Å². The summed E-state index contributed by atoms with van der Waals surface area (Å²) in [7, 11) is 0. The maximum atomic E-state index is 11.8. The van der Waals surface area contributed by atoms with Crippen LogP contribution in [0.1, 0.15) is 58.1 Å². The number of rotatable bonds is 11. The summed E-state index contributed by atoms with van der Waals surface area (Å²) in [4.78, 5) is 23.7. The first-order chi connectivity index (χ1) is 15.6. The predicted molar refractivity (Wildman–Crippen MR) is 127 cm³/mol. The Balaban J connectivity index is 2.31. The van der Waals surface area contributed by atoms with Crippen molar-refractivity contribution in [3.8, 4) is 11.5 Å². The number of benzene rings is 2. The van der Waals surface area contributed by atoms with E-state index in [1.165, 1.54) is 0 Å². The molecule has 0 fully saturated rings. The van der Waals surface area contributed by atoms with Gasteiger partial charge in [0, 0.05) is 42.0 Å². The predicted octanol–water partition coefficient (Wildman–Crippen LogP) is 5.92. The summed E-state index contributed by atoms with van der Waals surface area (Å²) in [6, 6.07) is 15.2. The van der Waals surface area contributed by atoms with Gasteiger partial charge in [-0.05, 0) is 32.4 Å². The molecule has 0 radical (unpaired) electrons. The molecule has 33 heavy (non-hydrogen) atoms. The quantitative estimate of drug-likeness (QED) is 0.240. The van der Waals surface area contributed by atoms with Crippen molar-refractivity contribution in [3.05, 3.63) is 84.0 Å². The van der Waals surface area contributed by atoms with E-state index in [0.717, 1.165) is 17.5 Å². The zero-order valence-electron chi connectivity index (χ0n) is 19.9. The first kappa shape index (κ1) is 25.7. The molecule has 0 aliphatic rings. The minimum atomic E-state index is -0.791. The molecule has 0 bridgehead atoms. The van der Waals surface area contributed by atoms with Crippen LogP contribution < -0.4 is 9.47 Å². The molecule has 0 saturated heterocycles. The van der Waals surface area contributed by atoms with Gasteiger partial charge >= 0.3 is 11.9 Å². The third-order valence-corrected chi connectivity index (χ3v) is 4.83. The fraction of sp³-hybridized carbons (Fsp3) is 0.333. The van der Waals surface area contributed by atoms with Gasteiger partial charge in [-0.2, -0.15) is 0 Å². The van der Waals surface area contributed by atoms with E-state index in [4.69, 9.17) is 18.9 Å². The van der Waals surface area contributed by atoms with Crippen molar-refractivity contribution in [2.75, 3.05) is 0 Å². The fourth-order valence-electron chi connectivity index (χ4n) is 3.27. The van der Waals surface area contributed by atoms with Gasteiger partial charge in [-0.15, -0.1) is 0 Å². The molecule has 2 atom stereocenters. The lowest BCUT2D eigenvalue weighted by Gasteiger charge is -2.25. The van der Waals surface area contributed by atoms with Gasteiger partial charge in [0.05, 0.1) is 0 Å². The Morgan fingerprint density at radius 2 is 1.12 bits per heavy atom. The lowest BCUT2D eigenvalue weighted by molar-refractivity contribution is -0.157. The van der Waals surface area contributed by atoms with Crippen LogP contribution >= 0.6 is 0 Å². The largest absolute Gasteiger partial charge is 0.455 e. The molecule has 0 aromatic heterocycles. The highest BCUT2D eigenvalue weighted by molar-refractivity contribution is 5.87. The molecule has 6 nitrogen and oxygen atoms in total. The van der Waals surface area contributed by atoms with Gasteiger partial charge in [0.1, 0.15) is 11.5 Å². The van der Waals surface area contributed by atoms with E-state index < -0.39 is 24.5 Å². The molecule has 0 aliphatic heterocycles. The van der Waals surface area contributed by atoms with Gasteiger partial charge in [-0.1, -0.05) is 56.5 Å². The van der Waals surface area contributed by atoms with Crippen LogP contribution in [0.5, 0.6) is 11.5 Å². The van der Waals surface area contributed by atoms with Gasteiger partial charge in [-0.3, -0.25) is 0 Å². The summed E-state index contributed by atoms with van der Waals surface area (Å²) in [6.07, 6.45) is -0.831. The maximum Gasteiger partial charge on any atom is 0.336 e. The highest BCUT2D eigenvalue weighted by Crippen LogP contribution is 2.39. The van der Waals surface area contributed by atoms with E-state index in [2.05, 4.69) is 20.1 Å². The van der Waals surface area contributed by atoms with E-state index in [-0.39, 0.29) is 5.92 Å². The zero-order chi connectivity index (χ0) is 24.5. The van der Waals surface area contributed by atoms with Crippen molar-refractivity contribution in [2.45, 2.75) is 59.5 Å². The lowest BCUT2D eigenvalue weighted by atomic mass is 9.88. The van der Waals surface area contributed by atoms with E-state index in [1.54, 1.807) is 27.7 Å². The molecule has 176 valence electrons. The number of para-hydroxylation sites is 2. The molecule has 0 saturated carbocycles. The molecule has 2 rings (SSSR count). The normalized spacial score (nSPS) is 13.2. The van der Waals surface area contributed by atoms with E-state index >= 15 is 0 Å². The summed E-state index contributed by atoms with van der Waals surface area (Å²) in [5, 5.41) is 0. The Hall–Kier alpha value is -3.54. The van der Waals surface area contributed by atoms with E-state index in [1.807, 2.05) is 48.5 Å². The fourth-order valence-corrected chi connectivity index (χ4v) is 3.27. The second-order valence-electron chi connectivity index (χ2n) is 7.78. The Bertz CT molecular complexity index is 930. The van der Waals surface area contributed by atoms with Crippen molar-refractivity contribution < 1.29 is 28.5 Å². The van der Waals surface area contributed by atoms with Gasteiger partial charge in [0.15, 0.2) is 0 Å². The van der Waals surface area contributed by atoms with Gasteiger partial charge in [-0.25, -0.2) is 9.59 Å². The SMILES string of the molecule is C=C(C)C(=O)OC(C)Oc1ccccc1C(CC)c1ccccc1OC(C)OC(=O)C(=C)C. The average Bonchev–Trinajstić information content (AvgIpc) is 2.76. The number of carbonyl (C=O) groups excluding carboxylic acids is 2. The number of carbonyl (C=O) groups is 2. The molecule has 0 amide bonds. The van der Waals surface area contributed by atoms with Gasteiger partial charge in [0.25, 0.3) is 0 Å². The number of ether oxygens (including phenoxy) is 4. The van der Waals surface area contributed by atoms with Crippen molar-refractivity contribution in [2.24, 2.45) is 0 Å². The zero-order valence-corrected chi connectivity index (χ0v) is 19.9. The van der Waals surface area contributed by atoms with Crippen molar-refractivity contribution >= 4 is 11.9 Å². The van der Waals surface area contributed by atoms with Crippen LogP contribution in [0.3, 0.4) is 0 Å². The van der Waals surface area contributed by atoms with Crippen molar-refractivity contribution in [1.82, 2.24) is 0 Å². The lowest BCUT2D eigenvalue weighted by Crippen LogP contribution is -2.23. The Kier molecular flexibility index (Phi) is 9.28. The third kappa shape index (κ3) is 7.24. The van der Waals surface area contributed by atoms with Crippen molar-refractivity contribution in [3.63, 3.8) is 0 Å². The minimum absolute atomic E-state index is 0.0783. The molecule has 2 aromatic carbocycles. The minimum Gasteiger partial charge on any atom is -0.455 e. The molecule has 2 unspecified atom stereocenters. The highest BCUT2D eigenvalue weighted by Gasteiger charge is 2.23. The van der Waals surface area contributed by atoms with Gasteiger partial charge in [0.2, 0.25) is 12.6 Å². The smallest absolute Gasteiger partial charge is 0.336 e. The van der Waals surface area contributed by atoms with Crippen LogP contribution in [0.15, 0.2) is 72.8 Å². The Labute approximate surface area is 195 Å². The first-order valence-corrected chi connectivity index (χ1v) is 10.9. The summed E-state index contributed by atoms with van der Waals surface area (Å²) in [5.41, 5.74) is 2.44. The van der Waals surface area contributed by atoms with Crippen LogP contribution in [0, 0.1) is 0 Å². The average molecular weight is 453 g/mol. The molecular weight excluding hydrogens is 420 g/mol. The monoisotopic (exact) mass is 452 g/mol. The Morgan fingerprint density at radius 3 is 1.45 bits per heavy atom. The number of esters is 2. The van der Waals surface area contributed by atoms with E-state index in [9.17, 15) is 9.59 Å². The summed E-state index contributed by atoms with van der Waals surface area (Å²) in [5.74, 6) is 0.101. The molecular formula is C27H32O6. The Morgan fingerprint density at radius 1 is 0.758 bits per heavy atom. The number of hydrogen-bond donors (Lipinski definition) is 0. The number of hydrogen-bond acceptors (Lipinski definition) is 6. The van der Waals surface area contributed by atoms with Crippen LogP contribution in [0.4, 0.5) is 0 Å². The van der Waals surface area contributed by atoms with Crippen LogP contribution in [-0.4, -0.2) is 24.5 Å². The molecule has 0 spiro atoms. The molecule has 2 aromatic rings. The van der Waals surface area contributed by atoms with Crippen LogP contribution in [-0.2, 0) is 19.1 Å². The van der Waals surface area contributed by atoms with Crippen LogP contribution in [0.2, 0.25) is 0 Å². The highest BCUT2D eigenvalue weighted by atomic mass is 16.7. The molecule has 0 heterocycles. The summed E-state index contributed by atoms with van der Waals surface area (Å²) < 4.78 is 22.5. The van der Waals surface area contributed by atoms with Crippen LogP contribution in [0.25, 0.3) is 0 Å². The topological polar surface area (TPSA) is 71.1 Å². The molecule has 0 aliphatic carbocycles. The summed E-state index contributed by atoms with van der Waals surface area (Å²) in [6.45, 7) is 15.7. The maximum absolute atomic E-state index is 11.8. The second-order valence-corrected chi connectivity index (χ2v) is 7.78. The standard InChI is InChI=1S/C27H32O6/c1-8-21(22-13-9-11-15-24(22)30-19(6)32-26(28)17(2)3)23-14-10-12-16-25(23)31-20(7)33-27(29)18(4)5/h9-16,19-21H,2,4,8H2,1,3,5-7H3.